The van der Waals surface area contributed by atoms with Crippen LogP contribution in [0.25, 0.3) is 22.6 Å². The van der Waals surface area contributed by atoms with Gasteiger partial charge < -0.3 is 14.5 Å². The number of nitrogens with one attached hydrogen (secondary N) is 1. The fraction of sp³-hybridized carbons (Fsp3) is 0.133. The fourth-order valence-electron chi connectivity index (χ4n) is 4.23. The van der Waals surface area contributed by atoms with E-state index in [2.05, 4.69) is 17.2 Å². The van der Waals surface area contributed by atoms with Crippen LogP contribution < -0.4 is 10.1 Å². The second-order valence-corrected chi connectivity index (χ2v) is 8.58. The Kier molecular flexibility index (Phi) is 6.06. The lowest BCUT2D eigenvalue weighted by molar-refractivity contribution is -0.116. The molecule has 1 heterocycles. The number of rotatable bonds is 6. The van der Waals surface area contributed by atoms with E-state index in [0.717, 1.165) is 38.9 Å². The van der Waals surface area contributed by atoms with Gasteiger partial charge in [0, 0.05) is 5.56 Å². The summed E-state index contributed by atoms with van der Waals surface area (Å²) in [7, 11) is 1.58. The van der Waals surface area contributed by atoms with Gasteiger partial charge in [-0.25, -0.2) is 4.98 Å². The first-order chi connectivity index (χ1) is 17.0. The maximum absolute atomic E-state index is 13.6. The second-order valence-electron chi connectivity index (χ2n) is 8.58. The molecule has 5 aromatic rings. The van der Waals surface area contributed by atoms with E-state index < -0.39 is 5.92 Å². The Balaban J connectivity index is 1.52. The number of carbonyl (C=O) groups excluding carboxylic acids is 1. The SMILES string of the molecule is COc1ccc(-c2nc3cc(C)c(C)cc3o2)cc1NC(=O)C(c1ccccc1)c1ccccc1. The molecule has 0 saturated heterocycles. The predicted octanol–water partition coefficient (Wildman–Crippen LogP) is 6.89. The number of aromatic nitrogens is 1. The van der Waals surface area contributed by atoms with Gasteiger partial charge in [-0.2, -0.15) is 0 Å². The number of hydrogen-bond donors (Lipinski definition) is 1. The minimum atomic E-state index is -0.471. The predicted molar refractivity (Wildman–Crippen MR) is 139 cm³/mol. The molecule has 0 atom stereocenters. The van der Waals surface area contributed by atoms with Crippen molar-refractivity contribution in [3.8, 4) is 17.2 Å². The summed E-state index contributed by atoms with van der Waals surface area (Å²) < 4.78 is 11.6. The highest BCUT2D eigenvalue weighted by atomic mass is 16.5. The number of hydrogen-bond acceptors (Lipinski definition) is 4. The van der Waals surface area contributed by atoms with Crippen LogP contribution in [0.5, 0.6) is 5.75 Å². The fourth-order valence-corrected chi connectivity index (χ4v) is 4.23. The Bertz CT molecular complexity index is 1410. The van der Waals surface area contributed by atoms with Crippen LogP contribution in [-0.2, 0) is 4.79 Å². The van der Waals surface area contributed by atoms with E-state index in [0.29, 0.717) is 17.3 Å². The molecule has 0 bridgehead atoms. The molecular formula is C30H26N2O3. The molecule has 35 heavy (non-hydrogen) atoms. The van der Waals surface area contributed by atoms with Gasteiger partial charge in [-0.3, -0.25) is 4.79 Å². The number of ether oxygens (including phenoxy) is 1. The molecule has 5 heteroatoms. The zero-order valence-corrected chi connectivity index (χ0v) is 19.9. The molecule has 1 amide bonds. The molecule has 1 N–H and O–H groups in total. The average Bonchev–Trinajstić information content (AvgIpc) is 3.28. The van der Waals surface area contributed by atoms with Crippen LogP contribution in [0.2, 0.25) is 0 Å². The van der Waals surface area contributed by atoms with Crippen molar-refractivity contribution in [2.24, 2.45) is 0 Å². The van der Waals surface area contributed by atoms with Crippen molar-refractivity contribution < 1.29 is 13.9 Å². The third-order valence-electron chi connectivity index (χ3n) is 6.24. The molecule has 4 aromatic carbocycles. The maximum Gasteiger partial charge on any atom is 0.236 e. The summed E-state index contributed by atoms with van der Waals surface area (Å²) in [5.74, 6) is 0.429. The van der Waals surface area contributed by atoms with E-state index in [1.165, 1.54) is 0 Å². The summed E-state index contributed by atoms with van der Waals surface area (Å²) in [5.41, 5.74) is 6.98. The lowest BCUT2D eigenvalue weighted by Crippen LogP contribution is -2.22. The molecule has 0 unspecified atom stereocenters. The summed E-state index contributed by atoms with van der Waals surface area (Å²) in [6.45, 7) is 4.11. The number of nitrogens with zero attached hydrogens (tertiary/aromatic N) is 1. The molecule has 5 rings (SSSR count). The van der Waals surface area contributed by atoms with Gasteiger partial charge in [-0.05, 0) is 66.4 Å². The molecule has 0 fully saturated rings. The van der Waals surface area contributed by atoms with Gasteiger partial charge in [0.25, 0.3) is 0 Å². The molecule has 1 aromatic heterocycles. The van der Waals surface area contributed by atoms with Crippen LogP contribution in [0.15, 0.2) is 95.4 Å². The molecule has 0 aliphatic rings. The number of amides is 1. The summed E-state index contributed by atoms with van der Waals surface area (Å²) in [4.78, 5) is 18.3. The van der Waals surface area contributed by atoms with Gasteiger partial charge in [0.1, 0.15) is 11.3 Å². The molecule has 0 aliphatic carbocycles. The Morgan fingerprint density at radius 3 is 2.11 bits per heavy atom. The lowest BCUT2D eigenvalue weighted by Gasteiger charge is -2.19. The topological polar surface area (TPSA) is 64.4 Å². The molecule has 174 valence electrons. The van der Waals surface area contributed by atoms with Crippen molar-refractivity contribution in [2.45, 2.75) is 19.8 Å². The smallest absolute Gasteiger partial charge is 0.236 e. The van der Waals surface area contributed by atoms with Gasteiger partial charge in [-0.15, -0.1) is 0 Å². The van der Waals surface area contributed by atoms with Crippen molar-refractivity contribution in [2.75, 3.05) is 12.4 Å². The minimum absolute atomic E-state index is 0.151. The molecular weight excluding hydrogens is 436 g/mol. The Morgan fingerprint density at radius 1 is 0.857 bits per heavy atom. The summed E-state index contributed by atoms with van der Waals surface area (Å²) >= 11 is 0. The zero-order chi connectivity index (χ0) is 24.4. The first-order valence-electron chi connectivity index (χ1n) is 11.5. The highest BCUT2D eigenvalue weighted by Gasteiger charge is 2.24. The highest BCUT2D eigenvalue weighted by Crippen LogP contribution is 2.34. The van der Waals surface area contributed by atoms with Crippen molar-refractivity contribution >= 4 is 22.7 Å². The van der Waals surface area contributed by atoms with Crippen LogP contribution in [-0.4, -0.2) is 18.0 Å². The van der Waals surface area contributed by atoms with E-state index >= 15 is 0 Å². The van der Waals surface area contributed by atoms with Gasteiger partial charge in [0.05, 0.1) is 18.7 Å². The van der Waals surface area contributed by atoms with E-state index in [-0.39, 0.29) is 5.91 Å². The average molecular weight is 463 g/mol. The number of benzene rings is 4. The lowest BCUT2D eigenvalue weighted by atomic mass is 9.90. The maximum atomic E-state index is 13.6. The third-order valence-corrected chi connectivity index (χ3v) is 6.24. The quantitative estimate of drug-likeness (QED) is 0.298. The van der Waals surface area contributed by atoms with E-state index in [9.17, 15) is 4.79 Å². The van der Waals surface area contributed by atoms with Gasteiger partial charge in [-0.1, -0.05) is 60.7 Å². The van der Waals surface area contributed by atoms with Crippen LogP contribution in [0.1, 0.15) is 28.2 Å². The standard InChI is InChI=1S/C30H26N2O3/c1-19-16-24-27(17-20(19)2)35-30(32-24)23-14-15-26(34-3)25(18-23)31-29(33)28(21-10-6-4-7-11-21)22-12-8-5-9-13-22/h4-18,28H,1-3H3,(H,31,33). The number of methoxy groups -OCH3 is 1. The zero-order valence-electron chi connectivity index (χ0n) is 19.9. The van der Waals surface area contributed by atoms with Crippen molar-refractivity contribution in [1.82, 2.24) is 4.98 Å². The molecule has 0 spiro atoms. The molecule has 5 nitrogen and oxygen atoms in total. The Hall–Kier alpha value is -4.38. The number of anilines is 1. The third kappa shape index (κ3) is 4.53. The Morgan fingerprint density at radius 2 is 1.49 bits per heavy atom. The normalized spacial score (nSPS) is 11.1. The van der Waals surface area contributed by atoms with Crippen LogP contribution in [0, 0.1) is 13.8 Å². The largest absolute Gasteiger partial charge is 0.495 e. The number of fused-ring (bicyclic) bond motifs is 1. The van der Waals surface area contributed by atoms with Gasteiger partial charge in [0.15, 0.2) is 5.58 Å². The minimum Gasteiger partial charge on any atom is -0.495 e. The van der Waals surface area contributed by atoms with Gasteiger partial charge >= 0.3 is 0 Å². The van der Waals surface area contributed by atoms with Crippen LogP contribution in [0.3, 0.4) is 0 Å². The van der Waals surface area contributed by atoms with Crippen molar-refractivity contribution in [3.05, 3.63) is 113 Å². The van der Waals surface area contributed by atoms with Crippen molar-refractivity contribution in [1.29, 1.82) is 0 Å². The summed E-state index contributed by atoms with van der Waals surface area (Å²) in [6.07, 6.45) is 0. The van der Waals surface area contributed by atoms with Crippen LogP contribution >= 0.6 is 0 Å². The number of oxazole rings is 1. The van der Waals surface area contributed by atoms with E-state index in [4.69, 9.17) is 9.15 Å². The second kappa shape index (κ2) is 9.47. The number of carbonyl (C=O) groups is 1. The molecule has 0 aliphatic heterocycles. The highest BCUT2D eigenvalue weighted by molar-refractivity contribution is 5.99. The van der Waals surface area contributed by atoms with Crippen LogP contribution in [0.4, 0.5) is 5.69 Å². The first kappa shape index (κ1) is 22.4. The molecule has 0 saturated carbocycles. The van der Waals surface area contributed by atoms with E-state index in [1.807, 2.05) is 97.9 Å². The van der Waals surface area contributed by atoms with E-state index in [1.54, 1.807) is 7.11 Å². The first-order valence-corrected chi connectivity index (χ1v) is 11.5. The number of aryl methyl sites for hydroxylation is 2. The Labute approximate surface area is 204 Å². The summed E-state index contributed by atoms with van der Waals surface area (Å²) in [6, 6.07) is 29.1. The summed E-state index contributed by atoms with van der Waals surface area (Å²) in [5, 5.41) is 3.09. The van der Waals surface area contributed by atoms with Crippen molar-refractivity contribution in [3.63, 3.8) is 0 Å². The molecule has 0 radical (unpaired) electrons. The van der Waals surface area contributed by atoms with Gasteiger partial charge in [0.2, 0.25) is 11.8 Å². The monoisotopic (exact) mass is 462 g/mol.